The number of hydrogen-bond acceptors (Lipinski definition) is 2. The Labute approximate surface area is 96.4 Å². The maximum Gasteiger partial charge on any atom is 0.282 e. The third-order valence-electron chi connectivity index (χ3n) is 2.23. The van der Waals surface area contributed by atoms with E-state index < -0.39 is 0 Å². The maximum atomic E-state index is 11.4. The van der Waals surface area contributed by atoms with Crippen LogP contribution in [-0.4, -0.2) is 28.0 Å². The quantitative estimate of drug-likeness (QED) is 0.681. The molecule has 1 saturated heterocycles. The van der Waals surface area contributed by atoms with Crippen molar-refractivity contribution in [3.05, 3.63) is 24.3 Å². The molecule has 0 aromatic rings. The lowest BCUT2D eigenvalue weighted by Crippen LogP contribution is -2.34. The van der Waals surface area contributed by atoms with Crippen LogP contribution in [0.3, 0.4) is 0 Å². The molecule has 0 saturated carbocycles. The smallest absolute Gasteiger partial charge is 0.282 e. The van der Waals surface area contributed by atoms with Gasteiger partial charge in [-0.2, -0.15) is 0 Å². The summed E-state index contributed by atoms with van der Waals surface area (Å²) in [6.45, 7) is 7.08. The monoisotopic (exact) mass is 225 g/mol. The summed E-state index contributed by atoms with van der Waals surface area (Å²) in [4.78, 5) is 13.3. The first kappa shape index (κ1) is 12.4. The van der Waals surface area contributed by atoms with Crippen LogP contribution in [-0.2, 0) is 0 Å². The zero-order chi connectivity index (χ0) is 11.3. The third kappa shape index (κ3) is 2.88. The zero-order valence-corrected chi connectivity index (χ0v) is 10.5. The number of thioether (sulfide) groups is 1. The van der Waals surface area contributed by atoms with Gasteiger partial charge in [0.25, 0.3) is 5.24 Å². The van der Waals surface area contributed by atoms with E-state index in [-0.39, 0.29) is 5.24 Å². The highest BCUT2D eigenvalue weighted by Crippen LogP contribution is 2.34. The number of nitrogens with zero attached hydrogens (tertiary/aromatic N) is 1. The molecular weight excluding hydrogens is 206 g/mol. The van der Waals surface area contributed by atoms with Crippen LogP contribution in [0.15, 0.2) is 24.3 Å². The molecule has 1 aliphatic heterocycles. The van der Waals surface area contributed by atoms with Crippen LogP contribution >= 0.6 is 11.8 Å². The highest BCUT2D eigenvalue weighted by atomic mass is 32.2. The Hall–Kier alpha value is -0.700. The fourth-order valence-electron chi connectivity index (χ4n) is 1.61. The van der Waals surface area contributed by atoms with Crippen LogP contribution in [0, 0.1) is 0 Å². The number of likely N-dealkylation sites (N-methyl/N-ethyl adjacent to an activating group) is 1. The van der Waals surface area contributed by atoms with Gasteiger partial charge in [-0.25, -0.2) is 0 Å². The molecule has 0 aromatic heterocycles. The molecule has 2 atom stereocenters. The first-order chi connectivity index (χ1) is 7.24. The van der Waals surface area contributed by atoms with Crippen molar-refractivity contribution in [1.29, 1.82) is 0 Å². The number of fused-ring (bicyclic) bond motifs is 1. The van der Waals surface area contributed by atoms with E-state index in [0.717, 1.165) is 6.54 Å². The molecule has 0 bridgehead atoms. The van der Waals surface area contributed by atoms with E-state index in [9.17, 15) is 4.79 Å². The molecule has 1 amide bonds. The minimum Gasteiger partial charge on any atom is -0.326 e. The first-order valence-corrected chi connectivity index (χ1v) is 6.44. The summed E-state index contributed by atoms with van der Waals surface area (Å²) in [5.74, 6) is 0. The Balaban J connectivity index is 0.000000337. The van der Waals surface area contributed by atoms with Crippen molar-refractivity contribution >= 4 is 17.0 Å². The summed E-state index contributed by atoms with van der Waals surface area (Å²) in [7, 11) is 0. The maximum absolute atomic E-state index is 11.4. The molecule has 1 aliphatic carbocycles. The SMILES string of the molecule is CCC.CCN1C(=O)SC2C=CC=CC21. The third-order valence-corrected chi connectivity index (χ3v) is 3.37. The van der Waals surface area contributed by atoms with Crippen molar-refractivity contribution in [2.24, 2.45) is 0 Å². The molecule has 1 heterocycles. The van der Waals surface area contributed by atoms with Gasteiger partial charge in [0.1, 0.15) is 0 Å². The van der Waals surface area contributed by atoms with E-state index >= 15 is 0 Å². The molecular formula is C12H19NOS. The van der Waals surface area contributed by atoms with Gasteiger partial charge in [-0.05, 0) is 6.92 Å². The van der Waals surface area contributed by atoms with Crippen molar-refractivity contribution in [2.45, 2.75) is 38.5 Å². The number of hydrogen-bond donors (Lipinski definition) is 0. The zero-order valence-electron chi connectivity index (χ0n) is 9.64. The Morgan fingerprint density at radius 3 is 2.47 bits per heavy atom. The average Bonchev–Trinajstić information content (AvgIpc) is 2.54. The number of amides is 1. The fourth-order valence-corrected chi connectivity index (χ4v) is 2.78. The second kappa shape index (κ2) is 6.01. The summed E-state index contributed by atoms with van der Waals surface area (Å²) in [5, 5.41) is 0.561. The van der Waals surface area contributed by atoms with Gasteiger partial charge in [0, 0.05) is 6.54 Å². The summed E-state index contributed by atoms with van der Waals surface area (Å²) in [6.07, 6.45) is 9.48. The topological polar surface area (TPSA) is 20.3 Å². The second-order valence-corrected chi connectivity index (χ2v) is 4.73. The second-order valence-electron chi connectivity index (χ2n) is 3.60. The summed E-state index contributed by atoms with van der Waals surface area (Å²) >= 11 is 1.43. The van der Waals surface area contributed by atoms with E-state index in [2.05, 4.69) is 26.0 Å². The van der Waals surface area contributed by atoms with Crippen LogP contribution in [0.4, 0.5) is 4.79 Å². The molecule has 84 valence electrons. The number of allylic oxidation sites excluding steroid dienone is 2. The van der Waals surface area contributed by atoms with Gasteiger partial charge >= 0.3 is 0 Å². The van der Waals surface area contributed by atoms with Crippen LogP contribution < -0.4 is 0 Å². The minimum absolute atomic E-state index is 0.212. The molecule has 2 rings (SSSR count). The molecule has 0 spiro atoms. The predicted molar refractivity (Wildman–Crippen MR) is 67.2 cm³/mol. The van der Waals surface area contributed by atoms with Crippen molar-refractivity contribution in [3.63, 3.8) is 0 Å². The van der Waals surface area contributed by atoms with Gasteiger partial charge in [0.15, 0.2) is 0 Å². The number of carbonyl (C=O) groups excluding carboxylic acids is 1. The van der Waals surface area contributed by atoms with Gasteiger partial charge < -0.3 is 4.90 Å². The molecule has 0 N–H and O–H groups in total. The molecule has 3 heteroatoms. The summed E-state index contributed by atoms with van der Waals surface area (Å²) in [5.41, 5.74) is 0. The van der Waals surface area contributed by atoms with Crippen molar-refractivity contribution in [2.75, 3.05) is 6.54 Å². The van der Waals surface area contributed by atoms with Gasteiger partial charge in [0.2, 0.25) is 0 Å². The summed E-state index contributed by atoms with van der Waals surface area (Å²) < 4.78 is 0. The highest BCUT2D eigenvalue weighted by molar-refractivity contribution is 8.14. The van der Waals surface area contributed by atoms with Gasteiger partial charge in [-0.15, -0.1) is 0 Å². The largest absolute Gasteiger partial charge is 0.326 e. The molecule has 0 radical (unpaired) electrons. The molecule has 2 nitrogen and oxygen atoms in total. The number of carbonyl (C=O) groups is 1. The van der Waals surface area contributed by atoms with Crippen molar-refractivity contribution in [3.8, 4) is 0 Å². The van der Waals surface area contributed by atoms with E-state index in [0.29, 0.717) is 11.3 Å². The van der Waals surface area contributed by atoms with Crippen LogP contribution in [0.5, 0.6) is 0 Å². The van der Waals surface area contributed by atoms with Crippen LogP contribution in [0.2, 0.25) is 0 Å². The highest BCUT2D eigenvalue weighted by Gasteiger charge is 2.37. The summed E-state index contributed by atoms with van der Waals surface area (Å²) in [6, 6.07) is 0.303. The Bertz CT molecular complexity index is 273. The van der Waals surface area contributed by atoms with E-state index in [1.807, 2.05) is 24.0 Å². The van der Waals surface area contributed by atoms with E-state index in [4.69, 9.17) is 0 Å². The molecule has 1 fully saturated rings. The van der Waals surface area contributed by atoms with Crippen molar-refractivity contribution in [1.82, 2.24) is 4.90 Å². The standard InChI is InChI=1S/C9H11NOS.C3H8/c1-2-10-7-5-3-4-6-8(7)12-9(10)11;1-3-2/h3-8H,2H2,1H3;3H2,1-2H3. The lowest BCUT2D eigenvalue weighted by atomic mass is 10.1. The lowest BCUT2D eigenvalue weighted by Gasteiger charge is -2.22. The average molecular weight is 225 g/mol. The lowest BCUT2D eigenvalue weighted by molar-refractivity contribution is 0.221. The molecule has 2 aliphatic rings. The van der Waals surface area contributed by atoms with Crippen LogP contribution in [0.25, 0.3) is 0 Å². The Morgan fingerprint density at radius 2 is 1.87 bits per heavy atom. The fraction of sp³-hybridized carbons (Fsp3) is 0.583. The van der Waals surface area contributed by atoms with Gasteiger partial charge in [-0.1, -0.05) is 56.3 Å². The Morgan fingerprint density at radius 1 is 1.27 bits per heavy atom. The number of rotatable bonds is 1. The predicted octanol–water partition coefficient (Wildman–Crippen LogP) is 3.45. The van der Waals surface area contributed by atoms with E-state index in [1.165, 1.54) is 18.2 Å². The van der Waals surface area contributed by atoms with Crippen molar-refractivity contribution < 1.29 is 4.79 Å². The molecule has 2 unspecified atom stereocenters. The Kier molecular flexibility index (Phi) is 4.95. The normalized spacial score (nSPS) is 27.4. The minimum atomic E-state index is 0.212. The molecule has 0 aromatic carbocycles. The molecule has 15 heavy (non-hydrogen) atoms. The van der Waals surface area contributed by atoms with Gasteiger partial charge in [-0.3, -0.25) is 4.79 Å². The van der Waals surface area contributed by atoms with E-state index in [1.54, 1.807) is 0 Å². The van der Waals surface area contributed by atoms with Crippen LogP contribution in [0.1, 0.15) is 27.2 Å². The first-order valence-electron chi connectivity index (χ1n) is 5.56. The van der Waals surface area contributed by atoms with Gasteiger partial charge in [0.05, 0.1) is 11.3 Å².